The first-order chi connectivity index (χ1) is 10.2. The summed E-state index contributed by atoms with van der Waals surface area (Å²) in [6.45, 7) is 4.36. The van der Waals surface area contributed by atoms with Gasteiger partial charge >= 0.3 is 0 Å². The number of nitrogens with zero attached hydrogens (tertiary/aromatic N) is 1. The molecule has 112 valence electrons. The second kappa shape index (κ2) is 5.92. The topological polar surface area (TPSA) is 50.9 Å². The van der Waals surface area contributed by atoms with Crippen LogP contribution < -0.4 is 11.1 Å². The van der Waals surface area contributed by atoms with Gasteiger partial charge in [-0.1, -0.05) is 13.3 Å². The summed E-state index contributed by atoms with van der Waals surface area (Å²) in [5.74, 6) is 0.926. The van der Waals surface area contributed by atoms with Gasteiger partial charge in [0.2, 0.25) is 0 Å². The number of nitrogens with two attached hydrogens (primary N) is 1. The molecule has 0 saturated heterocycles. The second-order valence-corrected chi connectivity index (χ2v) is 6.36. The van der Waals surface area contributed by atoms with E-state index in [-0.39, 0.29) is 0 Å². The normalized spacial score (nSPS) is 22.4. The fourth-order valence-electron chi connectivity index (χ4n) is 3.43. The van der Waals surface area contributed by atoms with Crippen LogP contribution in [-0.2, 0) is 0 Å². The molecular formula is C18H25N3. The third-order valence-corrected chi connectivity index (χ3v) is 4.74. The summed E-state index contributed by atoms with van der Waals surface area (Å²) in [6.07, 6.45) is 6.55. The monoisotopic (exact) mass is 283 g/mol. The first-order valence-electron chi connectivity index (χ1n) is 8.09. The average Bonchev–Trinajstić information content (AvgIpc) is 2.49. The van der Waals surface area contributed by atoms with Crippen molar-refractivity contribution in [2.75, 3.05) is 11.1 Å². The van der Waals surface area contributed by atoms with E-state index < -0.39 is 0 Å². The van der Waals surface area contributed by atoms with Gasteiger partial charge in [0.15, 0.2) is 0 Å². The Morgan fingerprint density at radius 3 is 2.67 bits per heavy atom. The quantitative estimate of drug-likeness (QED) is 0.815. The lowest BCUT2D eigenvalue weighted by molar-refractivity contribution is 0.330. The Labute approximate surface area is 127 Å². The SMILES string of the molecule is CCC1CCC(Nc2cc(C)nc3ccc(N)cc23)CC1. The fraction of sp³-hybridized carbons (Fsp3) is 0.500. The molecule has 1 aliphatic carbocycles. The summed E-state index contributed by atoms with van der Waals surface area (Å²) in [5.41, 5.74) is 10.0. The van der Waals surface area contributed by atoms with E-state index in [0.29, 0.717) is 6.04 Å². The Morgan fingerprint density at radius 2 is 1.95 bits per heavy atom. The summed E-state index contributed by atoms with van der Waals surface area (Å²) >= 11 is 0. The largest absolute Gasteiger partial charge is 0.399 e. The van der Waals surface area contributed by atoms with Crippen molar-refractivity contribution in [3.05, 3.63) is 30.0 Å². The average molecular weight is 283 g/mol. The number of nitrogens with one attached hydrogen (secondary N) is 1. The number of rotatable bonds is 3. The Morgan fingerprint density at radius 1 is 1.19 bits per heavy atom. The van der Waals surface area contributed by atoms with Gasteiger partial charge in [-0.2, -0.15) is 0 Å². The maximum Gasteiger partial charge on any atom is 0.0727 e. The fourth-order valence-corrected chi connectivity index (χ4v) is 3.43. The van der Waals surface area contributed by atoms with Crippen molar-refractivity contribution >= 4 is 22.3 Å². The second-order valence-electron chi connectivity index (χ2n) is 6.36. The predicted octanol–water partition coefficient (Wildman–Crippen LogP) is 4.51. The number of aromatic nitrogens is 1. The third kappa shape index (κ3) is 3.12. The highest BCUT2D eigenvalue weighted by molar-refractivity contribution is 5.93. The van der Waals surface area contributed by atoms with Crippen molar-refractivity contribution in [2.45, 2.75) is 52.0 Å². The highest BCUT2D eigenvalue weighted by atomic mass is 14.9. The molecule has 1 aromatic heterocycles. The zero-order valence-corrected chi connectivity index (χ0v) is 13.0. The maximum atomic E-state index is 5.94. The van der Waals surface area contributed by atoms with Gasteiger partial charge in [0, 0.05) is 28.5 Å². The van der Waals surface area contributed by atoms with E-state index in [1.54, 1.807) is 0 Å². The highest BCUT2D eigenvalue weighted by Crippen LogP contribution is 2.31. The smallest absolute Gasteiger partial charge is 0.0727 e. The number of benzene rings is 1. The highest BCUT2D eigenvalue weighted by Gasteiger charge is 2.20. The number of fused-ring (bicyclic) bond motifs is 1. The van der Waals surface area contributed by atoms with Crippen LogP contribution in [0.25, 0.3) is 10.9 Å². The lowest BCUT2D eigenvalue weighted by Gasteiger charge is -2.29. The van der Waals surface area contributed by atoms with Gasteiger partial charge in [-0.15, -0.1) is 0 Å². The van der Waals surface area contributed by atoms with E-state index in [1.165, 1.54) is 37.8 Å². The van der Waals surface area contributed by atoms with Crippen LogP contribution >= 0.6 is 0 Å². The van der Waals surface area contributed by atoms with Crippen LogP contribution in [0.15, 0.2) is 24.3 Å². The van der Waals surface area contributed by atoms with Crippen molar-refractivity contribution in [2.24, 2.45) is 5.92 Å². The Bertz CT molecular complexity index is 628. The van der Waals surface area contributed by atoms with Crippen LogP contribution in [-0.4, -0.2) is 11.0 Å². The maximum absolute atomic E-state index is 5.94. The molecule has 1 fully saturated rings. The molecule has 1 aliphatic rings. The van der Waals surface area contributed by atoms with Crippen LogP contribution in [0.1, 0.15) is 44.7 Å². The number of anilines is 2. The van der Waals surface area contributed by atoms with Gasteiger partial charge < -0.3 is 11.1 Å². The number of pyridine rings is 1. The van der Waals surface area contributed by atoms with Gasteiger partial charge in [0.1, 0.15) is 0 Å². The molecule has 3 N–H and O–H groups in total. The minimum Gasteiger partial charge on any atom is -0.399 e. The molecule has 3 rings (SSSR count). The zero-order valence-electron chi connectivity index (χ0n) is 13.0. The summed E-state index contributed by atoms with van der Waals surface area (Å²) in [7, 11) is 0. The molecule has 0 bridgehead atoms. The summed E-state index contributed by atoms with van der Waals surface area (Å²) in [4.78, 5) is 4.60. The van der Waals surface area contributed by atoms with E-state index in [2.05, 4.69) is 30.2 Å². The number of hydrogen-bond donors (Lipinski definition) is 2. The summed E-state index contributed by atoms with van der Waals surface area (Å²) in [5, 5.41) is 4.88. The molecule has 3 nitrogen and oxygen atoms in total. The van der Waals surface area contributed by atoms with Gasteiger partial charge in [-0.25, -0.2) is 0 Å². The summed E-state index contributed by atoms with van der Waals surface area (Å²) < 4.78 is 0. The molecule has 1 aromatic carbocycles. The zero-order chi connectivity index (χ0) is 14.8. The van der Waals surface area contributed by atoms with Crippen molar-refractivity contribution in [1.82, 2.24) is 4.98 Å². The third-order valence-electron chi connectivity index (χ3n) is 4.74. The van der Waals surface area contributed by atoms with Gasteiger partial charge in [-0.3, -0.25) is 4.98 Å². The van der Waals surface area contributed by atoms with Crippen molar-refractivity contribution in [3.63, 3.8) is 0 Å². The van der Waals surface area contributed by atoms with Gasteiger partial charge in [0.25, 0.3) is 0 Å². The molecule has 0 aliphatic heterocycles. The predicted molar refractivity (Wildman–Crippen MR) is 90.6 cm³/mol. The number of aryl methyl sites for hydroxylation is 1. The van der Waals surface area contributed by atoms with Crippen LogP contribution in [0.4, 0.5) is 11.4 Å². The van der Waals surface area contributed by atoms with E-state index in [0.717, 1.165) is 28.2 Å². The van der Waals surface area contributed by atoms with E-state index in [9.17, 15) is 0 Å². The van der Waals surface area contributed by atoms with Crippen molar-refractivity contribution < 1.29 is 0 Å². The van der Waals surface area contributed by atoms with E-state index >= 15 is 0 Å². The molecule has 0 spiro atoms. The minimum atomic E-state index is 0.583. The molecule has 0 amide bonds. The van der Waals surface area contributed by atoms with E-state index in [4.69, 9.17) is 5.73 Å². The molecule has 0 radical (unpaired) electrons. The molecule has 21 heavy (non-hydrogen) atoms. The summed E-state index contributed by atoms with van der Waals surface area (Å²) in [6, 6.07) is 8.69. The van der Waals surface area contributed by atoms with Crippen LogP contribution in [0.3, 0.4) is 0 Å². The Balaban J connectivity index is 1.85. The lowest BCUT2D eigenvalue weighted by atomic mass is 9.84. The van der Waals surface area contributed by atoms with Gasteiger partial charge in [0.05, 0.1) is 5.52 Å². The molecular weight excluding hydrogens is 258 g/mol. The Hall–Kier alpha value is -1.77. The number of nitrogen functional groups attached to an aromatic ring is 1. The van der Waals surface area contributed by atoms with Gasteiger partial charge in [-0.05, 0) is 62.8 Å². The molecule has 1 heterocycles. The molecule has 2 aromatic rings. The lowest BCUT2D eigenvalue weighted by Crippen LogP contribution is -2.26. The minimum absolute atomic E-state index is 0.583. The van der Waals surface area contributed by atoms with Crippen molar-refractivity contribution in [1.29, 1.82) is 0 Å². The molecule has 1 saturated carbocycles. The first kappa shape index (κ1) is 14.2. The van der Waals surface area contributed by atoms with Crippen LogP contribution in [0, 0.1) is 12.8 Å². The van der Waals surface area contributed by atoms with Crippen LogP contribution in [0.5, 0.6) is 0 Å². The first-order valence-corrected chi connectivity index (χ1v) is 8.09. The van der Waals surface area contributed by atoms with Crippen molar-refractivity contribution in [3.8, 4) is 0 Å². The number of hydrogen-bond acceptors (Lipinski definition) is 3. The van der Waals surface area contributed by atoms with E-state index in [1.807, 2.05) is 18.2 Å². The molecule has 3 heteroatoms. The Kier molecular flexibility index (Phi) is 4.00. The molecule has 0 unspecified atom stereocenters. The van der Waals surface area contributed by atoms with Crippen LogP contribution in [0.2, 0.25) is 0 Å². The standard InChI is InChI=1S/C18H25N3/c1-3-13-4-7-15(8-5-13)21-18-10-12(2)20-17-9-6-14(19)11-16(17)18/h6,9-11,13,15H,3-5,7-8,19H2,1-2H3,(H,20,21). The molecule has 0 atom stereocenters.